The van der Waals surface area contributed by atoms with E-state index < -0.39 is 0 Å². The lowest BCUT2D eigenvalue weighted by Gasteiger charge is -2.07. The van der Waals surface area contributed by atoms with Gasteiger partial charge >= 0.3 is 0 Å². The number of benzene rings is 3. The highest BCUT2D eigenvalue weighted by molar-refractivity contribution is 7.99. The van der Waals surface area contributed by atoms with Crippen LogP contribution < -0.4 is 5.32 Å². The summed E-state index contributed by atoms with van der Waals surface area (Å²) >= 11 is 1.29. The van der Waals surface area contributed by atoms with E-state index in [2.05, 4.69) is 33.0 Å². The number of hydrogen-bond donors (Lipinski definition) is 1. The van der Waals surface area contributed by atoms with Crippen molar-refractivity contribution in [2.24, 2.45) is 0 Å². The highest BCUT2D eigenvalue weighted by atomic mass is 32.2. The second-order valence-corrected chi connectivity index (χ2v) is 7.43. The molecule has 1 N–H and O–H groups in total. The minimum atomic E-state index is -0.110. The van der Waals surface area contributed by atoms with Crippen LogP contribution in [0.2, 0.25) is 0 Å². The van der Waals surface area contributed by atoms with Gasteiger partial charge in [0.1, 0.15) is 0 Å². The topological polar surface area (TPSA) is 72.7 Å². The molecule has 4 rings (SSSR count). The summed E-state index contributed by atoms with van der Waals surface area (Å²) in [6, 6.07) is 25.8. The van der Waals surface area contributed by atoms with Crippen LogP contribution in [0.4, 0.5) is 5.69 Å². The molecule has 6 nitrogen and oxygen atoms in total. The van der Waals surface area contributed by atoms with Crippen molar-refractivity contribution < 1.29 is 4.79 Å². The first-order chi connectivity index (χ1) is 14.2. The van der Waals surface area contributed by atoms with E-state index in [9.17, 15) is 4.79 Å². The lowest BCUT2D eigenvalue weighted by atomic mass is 10.1. The van der Waals surface area contributed by atoms with Gasteiger partial charge in [0, 0.05) is 5.69 Å². The van der Waals surface area contributed by atoms with Gasteiger partial charge in [-0.2, -0.15) is 4.68 Å². The van der Waals surface area contributed by atoms with Gasteiger partial charge < -0.3 is 5.32 Å². The maximum atomic E-state index is 12.3. The number of nitrogens with zero attached hydrogens (tertiary/aromatic N) is 4. The number of thioether (sulfide) groups is 1. The minimum absolute atomic E-state index is 0.110. The van der Waals surface area contributed by atoms with Crippen molar-refractivity contribution in [1.82, 2.24) is 20.2 Å². The molecular formula is C22H19N5OS. The van der Waals surface area contributed by atoms with Crippen molar-refractivity contribution in [3.05, 3.63) is 84.4 Å². The van der Waals surface area contributed by atoms with Gasteiger partial charge in [-0.3, -0.25) is 4.79 Å². The van der Waals surface area contributed by atoms with E-state index >= 15 is 0 Å². The number of anilines is 1. The third kappa shape index (κ3) is 4.70. The maximum Gasteiger partial charge on any atom is 0.234 e. The van der Waals surface area contributed by atoms with E-state index in [-0.39, 0.29) is 11.7 Å². The van der Waals surface area contributed by atoms with Crippen molar-refractivity contribution in [3.8, 4) is 16.8 Å². The molecule has 0 saturated carbocycles. The van der Waals surface area contributed by atoms with Gasteiger partial charge in [-0.15, -0.1) is 5.10 Å². The zero-order valence-corrected chi connectivity index (χ0v) is 16.6. The highest BCUT2D eigenvalue weighted by Crippen LogP contribution is 2.22. The average Bonchev–Trinajstić information content (AvgIpc) is 3.23. The zero-order chi connectivity index (χ0) is 20.1. The first-order valence-electron chi connectivity index (χ1n) is 9.12. The van der Waals surface area contributed by atoms with Crippen LogP contribution in [0.15, 0.2) is 84.0 Å². The second kappa shape index (κ2) is 8.70. The Morgan fingerprint density at radius 1 is 0.931 bits per heavy atom. The van der Waals surface area contributed by atoms with E-state index in [1.165, 1.54) is 11.8 Å². The summed E-state index contributed by atoms with van der Waals surface area (Å²) in [5.74, 6) is 0.105. The largest absolute Gasteiger partial charge is 0.325 e. The monoisotopic (exact) mass is 401 g/mol. The average molecular weight is 401 g/mol. The maximum absolute atomic E-state index is 12.3. The predicted octanol–water partition coefficient (Wildman–Crippen LogP) is 4.37. The van der Waals surface area contributed by atoms with Crippen molar-refractivity contribution in [2.75, 3.05) is 11.1 Å². The molecule has 0 atom stereocenters. The quantitative estimate of drug-likeness (QED) is 0.486. The van der Waals surface area contributed by atoms with E-state index in [0.717, 1.165) is 28.1 Å². The highest BCUT2D eigenvalue weighted by Gasteiger charge is 2.12. The number of amides is 1. The molecule has 29 heavy (non-hydrogen) atoms. The molecule has 3 aromatic carbocycles. The van der Waals surface area contributed by atoms with Crippen LogP contribution in [-0.2, 0) is 4.79 Å². The molecule has 0 aliphatic carbocycles. The molecule has 0 fully saturated rings. The first kappa shape index (κ1) is 18.9. The third-order valence-corrected chi connectivity index (χ3v) is 5.25. The van der Waals surface area contributed by atoms with Crippen molar-refractivity contribution in [3.63, 3.8) is 0 Å². The summed E-state index contributed by atoms with van der Waals surface area (Å²) in [6.07, 6.45) is 0. The Morgan fingerprint density at radius 3 is 2.34 bits per heavy atom. The Bertz CT molecular complexity index is 1090. The van der Waals surface area contributed by atoms with Gasteiger partial charge in [-0.25, -0.2) is 0 Å². The Labute approximate surface area is 173 Å². The van der Waals surface area contributed by atoms with Crippen LogP contribution in [0.3, 0.4) is 0 Å². The van der Waals surface area contributed by atoms with Gasteiger partial charge in [-0.1, -0.05) is 71.9 Å². The minimum Gasteiger partial charge on any atom is -0.325 e. The molecule has 0 aliphatic heterocycles. The summed E-state index contributed by atoms with van der Waals surface area (Å²) < 4.78 is 1.63. The van der Waals surface area contributed by atoms with Gasteiger partial charge in [-0.05, 0) is 52.7 Å². The van der Waals surface area contributed by atoms with Gasteiger partial charge in [0.15, 0.2) is 0 Å². The van der Waals surface area contributed by atoms with Gasteiger partial charge in [0.2, 0.25) is 11.1 Å². The molecular weight excluding hydrogens is 382 g/mol. The Hall–Kier alpha value is -3.45. The third-order valence-electron chi connectivity index (χ3n) is 4.33. The van der Waals surface area contributed by atoms with Crippen LogP contribution in [0, 0.1) is 6.92 Å². The van der Waals surface area contributed by atoms with Gasteiger partial charge in [0.25, 0.3) is 0 Å². The molecule has 0 saturated heterocycles. The zero-order valence-electron chi connectivity index (χ0n) is 15.8. The summed E-state index contributed by atoms with van der Waals surface area (Å²) in [4.78, 5) is 12.3. The smallest absolute Gasteiger partial charge is 0.234 e. The van der Waals surface area contributed by atoms with Gasteiger partial charge in [0.05, 0.1) is 11.4 Å². The summed E-state index contributed by atoms with van der Waals surface area (Å²) in [5, 5.41) is 15.3. The molecule has 0 unspecified atom stereocenters. The molecule has 0 bridgehead atoms. The molecule has 144 valence electrons. The molecule has 1 heterocycles. The molecule has 4 aromatic rings. The number of rotatable bonds is 6. The lowest BCUT2D eigenvalue weighted by Crippen LogP contribution is -2.14. The fraction of sp³-hybridized carbons (Fsp3) is 0.0909. The molecule has 1 amide bonds. The van der Waals surface area contributed by atoms with E-state index in [4.69, 9.17) is 0 Å². The molecule has 0 aliphatic rings. The van der Waals surface area contributed by atoms with Crippen LogP contribution in [-0.4, -0.2) is 31.9 Å². The summed E-state index contributed by atoms with van der Waals surface area (Å²) in [7, 11) is 0. The number of nitrogens with one attached hydrogen (secondary N) is 1. The molecule has 7 heteroatoms. The molecule has 0 radical (unpaired) electrons. The lowest BCUT2D eigenvalue weighted by molar-refractivity contribution is -0.113. The van der Waals surface area contributed by atoms with Crippen molar-refractivity contribution in [1.29, 1.82) is 0 Å². The number of hydrogen-bond acceptors (Lipinski definition) is 5. The summed E-state index contributed by atoms with van der Waals surface area (Å²) in [6.45, 7) is 2.02. The summed E-state index contributed by atoms with van der Waals surface area (Å²) in [5.41, 5.74) is 5.03. The number of carbonyl (C=O) groups is 1. The van der Waals surface area contributed by atoms with Crippen LogP contribution in [0.5, 0.6) is 0 Å². The Kier molecular flexibility index (Phi) is 5.67. The fourth-order valence-electron chi connectivity index (χ4n) is 2.82. The number of carbonyl (C=O) groups excluding carboxylic acids is 1. The van der Waals surface area contributed by atoms with Crippen molar-refractivity contribution >= 4 is 23.4 Å². The van der Waals surface area contributed by atoms with Crippen LogP contribution in [0.25, 0.3) is 16.8 Å². The first-order valence-corrected chi connectivity index (χ1v) is 10.1. The normalized spacial score (nSPS) is 10.7. The van der Waals surface area contributed by atoms with E-state index in [0.29, 0.717) is 5.16 Å². The number of aryl methyl sites for hydroxylation is 1. The van der Waals surface area contributed by atoms with E-state index in [1.54, 1.807) is 4.68 Å². The second-order valence-electron chi connectivity index (χ2n) is 6.49. The van der Waals surface area contributed by atoms with Crippen molar-refractivity contribution in [2.45, 2.75) is 12.1 Å². The number of tetrazole rings is 1. The standard InChI is InChI=1S/C22H19N5OS/c1-16-7-13-20(14-8-16)27-22(24-25-26-27)29-15-21(28)23-19-11-9-18(10-12-19)17-5-3-2-4-6-17/h2-14H,15H2,1H3,(H,23,28). The van der Waals surface area contributed by atoms with Crippen LogP contribution in [0.1, 0.15) is 5.56 Å². The Morgan fingerprint density at radius 2 is 1.62 bits per heavy atom. The molecule has 1 aromatic heterocycles. The number of aromatic nitrogens is 4. The predicted molar refractivity (Wildman–Crippen MR) is 115 cm³/mol. The SMILES string of the molecule is Cc1ccc(-n2nnnc2SCC(=O)Nc2ccc(-c3ccccc3)cc2)cc1. The van der Waals surface area contributed by atoms with Crippen LogP contribution >= 0.6 is 11.8 Å². The Balaban J connectivity index is 1.36. The van der Waals surface area contributed by atoms with E-state index in [1.807, 2.05) is 73.7 Å². The molecule has 0 spiro atoms. The fourth-order valence-corrected chi connectivity index (χ4v) is 3.51.